The third kappa shape index (κ3) is 1.43. The van der Waals surface area contributed by atoms with Crippen LogP contribution in [-0.4, -0.2) is 21.9 Å². The number of H-pyrrole nitrogens is 1. The van der Waals surface area contributed by atoms with Crippen LogP contribution in [0.5, 0.6) is 0 Å². The molecule has 0 saturated carbocycles. The molecule has 1 rings (SSSR count). The maximum Gasteiger partial charge on any atom is 0.370 e. The molecule has 0 aliphatic rings. The third-order valence-electron chi connectivity index (χ3n) is 1.05. The van der Waals surface area contributed by atoms with E-state index in [1.807, 2.05) is 4.98 Å². The molecule has 7 nitrogen and oxygen atoms in total. The summed E-state index contributed by atoms with van der Waals surface area (Å²) in [7, 11) is -4.80. The van der Waals surface area contributed by atoms with Gasteiger partial charge in [0.25, 0.3) is 5.56 Å². The van der Waals surface area contributed by atoms with Gasteiger partial charge in [-0.25, -0.2) is 4.79 Å². The SMILES string of the molecule is O=c1cc[nH]c(=O)n1S(=O)(=O)O. The molecule has 1 aromatic heterocycles. The van der Waals surface area contributed by atoms with E-state index in [1.165, 1.54) is 0 Å². The summed E-state index contributed by atoms with van der Waals surface area (Å²) in [5, 5.41) is 0. The van der Waals surface area contributed by atoms with Crippen molar-refractivity contribution in [3.63, 3.8) is 0 Å². The Hall–Kier alpha value is -1.41. The molecule has 0 aliphatic heterocycles. The van der Waals surface area contributed by atoms with Crippen LogP contribution in [0.3, 0.4) is 0 Å². The van der Waals surface area contributed by atoms with Crippen LogP contribution in [0.2, 0.25) is 0 Å². The summed E-state index contributed by atoms with van der Waals surface area (Å²) in [4.78, 5) is 23.3. The Kier molecular flexibility index (Phi) is 1.86. The van der Waals surface area contributed by atoms with Crippen LogP contribution in [0, 0.1) is 0 Å². The van der Waals surface area contributed by atoms with E-state index in [0.717, 1.165) is 12.3 Å². The molecule has 0 radical (unpaired) electrons. The first-order chi connectivity index (χ1) is 5.43. The molecular formula is C4H4N2O5S. The topological polar surface area (TPSA) is 109 Å². The predicted octanol–water partition coefficient (Wildman–Crippen LogP) is -1.81. The molecule has 2 N–H and O–H groups in total. The van der Waals surface area contributed by atoms with Gasteiger partial charge in [-0.2, -0.15) is 8.42 Å². The molecule has 0 unspecified atom stereocenters. The van der Waals surface area contributed by atoms with E-state index in [-0.39, 0.29) is 3.97 Å². The summed E-state index contributed by atoms with van der Waals surface area (Å²) in [5.41, 5.74) is -2.31. The number of nitrogens with zero attached hydrogens (tertiary/aromatic N) is 1. The van der Waals surface area contributed by atoms with E-state index < -0.39 is 21.6 Å². The lowest BCUT2D eigenvalue weighted by atomic mass is 10.7. The van der Waals surface area contributed by atoms with Gasteiger partial charge < -0.3 is 4.98 Å². The fourth-order valence-corrected chi connectivity index (χ4v) is 1.18. The second-order valence-electron chi connectivity index (χ2n) is 1.86. The van der Waals surface area contributed by atoms with Gasteiger partial charge in [0.1, 0.15) is 0 Å². The predicted molar refractivity (Wildman–Crippen MR) is 38.3 cm³/mol. The first kappa shape index (κ1) is 8.68. The van der Waals surface area contributed by atoms with E-state index in [0.29, 0.717) is 0 Å². The van der Waals surface area contributed by atoms with Crippen molar-refractivity contribution in [3.05, 3.63) is 33.1 Å². The molecule has 0 spiro atoms. The molecule has 0 bridgehead atoms. The standard InChI is InChI=1S/C4H4N2O5S/c7-3-1-2-5-4(8)6(3)12(9,10)11/h1-2H,(H,5,8)(H,9,10,11). The Morgan fingerprint density at radius 3 is 2.33 bits per heavy atom. The Morgan fingerprint density at radius 1 is 1.42 bits per heavy atom. The molecule has 0 saturated heterocycles. The van der Waals surface area contributed by atoms with Crippen molar-refractivity contribution in [2.24, 2.45) is 0 Å². The molecule has 66 valence electrons. The van der Waals surface area contributed by atoms with Crippen LogP contribution < -0.4 is 11.2 Å². The Bertz CT molecular complexity index is 466. The molecule has 0 aliphatic carbocycles. The number of aromatic nitrogens is 2. The largest absolute Gasteiger partial charge is 0.370 e. The van der Waals surface area contributed by atoms with Crippen LogP contribution in [0.1, 0.15) is 0 Å². The second-order valence-corrected chi connectivity index (χ2v) is 3.12. The van der Waals surface area contributed by atoms with E-state index >= 15 is 0 Å². The number of hydrogen-bond donors (Lipinski definition) is 2. The van der Waals surface area contributed by atoms with E-state index in [1.54, 1.807) is 0 Å². The first-order valence-corrected chi connectivity index (χ1v) is 4.11. The summed E-state index contributed by atoms with van der Waals surface area (Å²) in [6, 6.07) is 0.801. The van der Waals surface area contributed by atoms with Gasteiger partial charge in [0.15, 0.2) is 0 Å². The summed E-state index contributed by atoms with van der Waals surface area (Å²) in [6.45, 7) is 0. The molecule has 0 amide bonds. The normalized spacial score (nSPS) is 11.4. The molecule has 0 aromatic carbocycles. The molecule has 1 aromatic rings. The first-order valence-electron chi connectivity index (χ1n) is 2.71. The Labute approximate surface area is 66.2 Å². The lowest BCUT2D eigenvalue weighted by Gasteiger charge is -1.95. The zero-order valence-electron chi connectivity index (χ0n) is 5.59. The quantitative estimate of drug-likeness (QED) is 0.509. The number of aromatic amines is 1. The highest BCUT2D eigenvalue weighted by Gasteiger charge is 2.12. The van der Waals surface area contributed by atoms with Crippen molar-refractivity contribution in [1.29, 1.82) is 0 Å². The summed E-state index contributed by atoms with van der Waals surface area (Å²) >= 11 is 0. The van der Waals surface area contributed by atoms with Crippen molar-refractivity contribution in [2.45, 2.75) is 0 Å². The van der Waals surface area contributed by atoms with Crippen LogP contribution in [0.4, 0.5) is 0 Å². The molecule has 0 fully saturated rings. The average molecular weight is 192 g/mol. The van der Waals surface area contributed by atoms with Gasteiger partial charge >= 0.3 is 16.0 Å². The highest BCUT2D eigenvalue weighted by atomic mass is 32.2. The summed E-state index contributed by atoms with van der Waals surface area (Å²) < 4.78 is 28.8. The minimum absolute atomic E-state index is 0.285. The number of rotatable bonds is 1. The van der Waals surface area contributed by atoms with Crippen LogP contribution >= 0.6 is 0 Å². The number of hydrogen-bond acceptors (Lipinski definition) is 4. The number of nitrogens with one attached hydrogen (secondary N) is 1. The minimum atomic E-state index is -4.80. The Balaban J connectivity index is 3.78. The lowest BCUT2D eigenvalue weighted by Crippen LogP contribution is -2.38. The molecule has 12 heavy (non-hydrogen) atoms. The Morgan fingerprint density at radius 2 is 2.00 bits per heavy atom. The maximum absolute atomic E-state index is 10.7. The van der Waals surface area contributed by atoms with Crippen molar-refractivity contribution in [1.82, 2.24) is 8.96 Å². The highest BCUT2D eigenvalue weighted by Crippen LogP contribution is 1.77. The van der Waals surface area contributed by atoms with Gasteiger partial charge in [-0.15, -0.1) is 3.97 Å². The van der Waals surface area contributed by atoms with E-state index in [2.05, 4.69) is 0 Å². The third-order valence-corrected chi connectivity index (χ3v) is 1.86. The summed E-state index contributed by atoms with van der Waals surface area (Å²) in [6.07, 6.45) is 0.979. The zero-order valence-corrected chi connectivity index (χ0v) is 6.41. The molecule has 1 heterocycles. The molecular weight excluding hydrogens is 188 g/mol. The van der Waals surface area contributed by atoms with Gasteiger partial charge in [-0.05, 0) is 0 Å². The van der Waals surface area contributed by atoms with E-state index in [4.69, 9.17) is 4.55 Å². The minimum Gasteiger partial charge on any atom is -0.313 e. The molecule has 0 atom stereocenters. The van der Waals surface area contributed by atoms with Crippen LogP contribution in [-0.2, 0) is 10.3 Å². The van der Waals surface area contributed by atoms with Gasteiger partial charge in [-0.1, -0.05) is 0 Å². The molecule has 8 heteroatoms. The van der Waals surface area contributed by atoms with Crippen molar-refractivity contribution < 1.29 is 13.0 Å². The lowest BCUT2D eigenvalue weighted by molar-refractivity contribution is 0.467. The van der Waals surface area contributed by atoms with E-state index in [9.17, 15) is 18.0 Å². The van der Waals surface area contributed by atoms with Gasteiger partial charge in [0.2, 0.25) is 0 Å². The highest BCUT2D eigenvalue weighted by molar-refractivity contribution is 7.84. The summed E-state index contributed by atoms with van der Waals surface area (Å²) in [5.74, 6) is 0. The smallest absolute Gasteiger partial charge is 0.313 e. The van der Waals surface area contributed by atoms with Gasteiger partial charge in [0, 0.05) is 12.3 Å². The second kappa shape index (κ2) is 2.57. The monoisotopic (exact) mass is 192 g/mol. The van der Waals surface area contributed by atoms with Gasteiger partial charge in [-0.3, -0.25) is 9.35 Å². The maximum atomic E-state index is 10.7. The zero-order chi connectivity index (χ0) is 9.35. The van der Waals surface area contributed by atoms with Gasteiger partial charge in [0.05, 0.1) is 0 Å². The fourth-order valence-electron chi connectivity index (χ4n) is 0.629. The van der Waals surface area contributed by atoms with Crippen molar-refractivity contribution >= 4 is 10.3 Å². The fraction of sp³-hybridized carbons (Fsp3) is 0. The van der Waals surface area contributed by atoms with Crippen molar-refractivity contribution in [2.75, 3.05) is 0 Å². The van der Waals surface area contributed by atoms with Crippen LogP contribution in [0.15, 0.2) is 21.9 Å². The van der Waals surface area contributed by atoms with Crippen molar-refractivity contribution in [3.8, 4) is 0 Å². The average Bonchev–Trinajstić information content (AvgIpc) is 1.82. The van der Waals surface area contributed by atoms with Crippen LogP contribution in [0.25, 0.3) is 0 Å².